The van der Waals surface area contributed by atoms with Crippen LogP contribution in [-0.4, -0.2) is 58.6 Å². The lowest BCUT2D eigenvalue weighted by molar-refractivity contribution is -0.383. The predicted octanol–water partition coefficient (Wildman–Crippen LogP) is 2.53. The largest absolute Gasteiger partial charge is 0.465 e. The van der Waals surface area contributed by atoms with Crippen molar-refractivity contribution in [1.29, 1.82) is 0 Å². The highest BCUT2D eigenvalue weighted by Gasteiger charge is 2.29. The van der Waals surface area contributed by atoms with Crippen LogP contribution in [0.15, 0.2) is 24.3 Å². The maximum absolute atomic E-state index is 12.3. The third-order valence-corrected chi connectivity index (χ3v) is 5.22. The van der Waals surface area contributed by atoms with Crippen LogP contribution in [0.1, 0.15) is 37.8 Å². The third kappa shape index (κ3) is 6.51. The van der Waals surface area contributed by atoms with Crippen molar-refractivity contribution in [2.75, 3.05) is 43.5 Å². The Hall–Kier alpha value is -3.47. The van der Waals surface area contributed by atoms with Gasteiger partial charge in [-0.2, -0.15) is 9.97 Å². The average Bonchev–Trinajstić information content (AvgIpc) is 3.26. The van der Waals surface area contributed by atoms with Crippen molar-refractivity contribution in [2.24, 2.45) is 0 Å². The maximum Gasteiger partial charge on any atom is 0.353 e. The van der Waals surface area contributed by atoms with Crippen molar-refractivity contribution in [1.82, 2.24) is 14.9 Å². The van der Waals surface area contributed by atoms with E-state index in [2.05, 4.69) is 20.9 Å². The highest BCUT2D eigenvalue weighted by molar-refractivity contribution is 5.78. The summed E-state index contributed by atoms with van der Waals surface area (Å²) in [6, 6.07) is 7.85. The van der Waals surface area contributed by atoms with E-state index in [4.69, 9.17) is 15.2 Å². The molecule has 0 atom stereocenters. The van der Waals surface area contributed by atoms with E-state index < -0.39 is 16.6 Å². The normalized spacial score (nSPS) is 13.6. The van der Waals surface area contributed by atoms with E-state index in [1.54, 1.807) is 13.8 Å². The molecule has 11 nitrogen and oxygen atoms in total. The minimum Gasteiger partial charge on any atom is -0.465 e. The number of nitrogen functional groups attached to an aromatic ring is 1. The SMILES string of the molecule is CCOC(=O)CN(Cc1cccc(CN2CCCC2)c1)c1nc(OCC)nc(N)c1[N+](=O)[O-]. The second-order valence-electron chi connectivity index (χ2n) is 7.72. The Balaban J connectivity index is 1.95. The summed E-state index contributed by atoms with van der Waals surface area (Å²) in [7, 11) is 0. The first kappa shape index (κ1) is 24.2. The van der Waals surface area contributed by atoms with Crippen molar-refractivity contribution < 1.29 is 19.2 Å². The van der Waals surface area contributed by atoms with Gasteiger partial charge in [0.1, 0.15) is 6.54 Å². The van der Waals surface area contributed by atoms with Crippen LogP contribution in [0.5, 0.6) is 6.01 Å². The van der Waals surface area contributed by atoms with Gasteiger partial charge in [-0.25, -0.2) is 0 Å². The first-order chi connectivity index (χ1) is 15.9. The van der Waals surface area contributed by atoms with Gasteiger partial charge in [0.05, 0.1) is 18.1 Å². The lowest BCUT2D eigenvalue weighted by atomic mass is 10.1. The number of benzene rings is 1. The number of nitro groups is 1. The van der Waals surface area contributed by atoms with E-state index in [9.17, 15) is 14.9 Å². The fourth-order valence-corrected chi connectivity index (χ4v) is 3.84. The van der Waals surface area contributed by atoms with Gasteiger partial charge in [-0.3, -0.25) is 19.8 Å². The Kier molecular flexibility index (Phi) is 8.36. The van der Waals surface area contributed by atoms with Gasteiger partial charge in [0, 0.05) is 13.1 Å². The molecule has 0 spiro atoms. The Labute approximate surface area is 192 Å². The first-order valence-corrected chi connectivity index (χ1v) is 11.1. The number of nitrogens with two attached hydrogens (primary N) is 1. The zero-order valence-electron chi connectivity index (χ0n) is 19.0. The summed E-state index contributed by atoms with van der Waals surface area (Å²) in [6.45, 7) is 6.82. The zero-order valence-corrected chi connectivity index (χ0v) is 19.0. The molecule has 1 aromatic carbocycles. The molecule has 1 aromatic heterocycles. The van der Waals surface area contributed by atoms with E-state index in [0.29, 0.717) is 0 Å². The van der Waals surface area contributed by atoms with Gasteiger partial charge >= 0.3 is 17.7 Å². The maximum atomic E-state index is 12.3. The summed E-state index contributed by atoms with van der Waals surface area (Å²) in [5, 5.41) is 11.8. The standard InChI is InChI=1S/C22H30N6O5/c1-3-32-18(29)15-27(21-19(28(30)31)20(23)24-22(25-21)33-4-2)14-17-9-7-8-16(12-17)13-26-10-5-6-11-26/h7-9,12H,3-6,10-11,13-15H2,1-2H3,(H2,23,24,25). The van der Waals surface area contributed by atoms with Crippen molar-refractivity contribution >= 4 is 23.3 Å². The monoisotopic (exact) mass is 458 g/mol. The number of hydrogen-bond donors (Lipinski definition) is 1. The predicted molar refractivity (Wildman–Crippen MR) is 123 cm³/mol. The summed E-state index contributed by atoms with van der Waals surface area (Å²) in [5.74, 6) is -0.950. The third-order valence-electron chi connectivity index (χ3n) is 5.22. The molecule has 0 amide bonds. The van der Waals surface area contributed by atoms with Crippen molar-refractivity contribution in [3.05, 3.63) is 45.5 Å². The summed E-state index contributed by atoms with van der Waals surface area (Å²) in [4.78, 5) is 35.4. The summed E-state index contributed by atoms with van der Waals surface area (Å²) >= 11 is 0. The van der Waals surface area contributed by atoms with Gasteiger partial charge in [0.25, 0.3) is 0 Å². The lowest BCUT2D eigenvalue weighted by Gasteiger charge is -2.23. The number of nitrogens with zero attached hydrogens (tertiary/aromatic N) is 5. The van der Waals surface area contributed by atoms with Gasteiger partial charge in [-0.05, 0) is 50.9 Å². The topological polar surface area (TPSA) is 137 Å². The fraction of sp³-hybridized carbons (Fsp3) is 0.500. The number of esters is 1. The summed E-state index contributed by atoms with van der Waals surface area (Å²) in [6.07, 6.45) is 2.40. The second-order valence-corrected chi connectivity index (χ2v) is 7.72. The molecule has 1 fully saturated rings. The molecule has 3 rings (SSSR count). The highest BCUT2D eigenvalue weighted by atomic mass is 16.6. The van der Waals surface area contributed by atoms with Crippen LogP contribution in [-0.2, 0) is 22.6 Å². The molecule has 1 saturated heterocycles. The Bertz CT molecular complexity index is 980. The van der Waals surface area contributed by atoms with Crippen LogP contribution in [0, 0.1) is 10.1 Å². The van der Waals surface area contributed by atoms with Crippen LogP contribution >= 0.6 is 0 Å². The summed E-state index contributed by atoms with van der Waals surface area (Å²) in [5.41, 5.74) is 7.40. The minimum absolute atomic E-state index is 0.0889. The van der Waals surface area contributed by atoms with Gasteiger partial charge in [0.15, 0.2) is 0 Å². The minimum atomic E-state index is -0.650. The molecular formula is C22H30N6O5. The molecule has 0 bridgehead atoms. The molecule has 0 aliphatic carbocycles. The number of carbonyl (C=O) groups excluding carboxylic acids is 1. The molecule has 2 N–H and O–H groups in total. The molecule has 2 aromatic rings. The number of carbonyl (C=O) groups is 1. The van der Waals surface area contributed by atoms with Crippen molar-refractivity contribution in [3.63, 3.8) is 0 Å². The van der Waals surface area contributed by atoms with Gasteiger partial charge in [0.2, 0.25) is 11.6 Å². The van der Waals surface area contributed by atoms with Crippen LogP contribution in [0.4, 0.5) is 17.3 Å². The Morgan fingerprint density at radius 2 is 1.94 bits per heavy atom. The number of ether oxygens (including phenoxy) is 2. The number of hydrogen-bond acceptors (Lipinski definition) is 10. The molecule has 11 heteroatoms. The Morgan fingerprint density at radius 1 is 1.21 bits per heavy atom. The van der Waals surface area contributed by atoms with Crippen LogP contribution < -0.4 is 15.4 Å². The molecule has 0 saturated carbocycles. The molecule has 1 aliphatic heterocycles. The molecular weight excluding hydrogens is 428 g/mol. The highest BCUT2D eigenvalue weighted by Crippen LogP contribution is 2.33. The average molecular weight is 459 g/mol. The lowest BCUT2D eigenvalue weighted by Crippen LogP contribution is -2.32. The molecule has 33 heavy (non-hydrogen) atoms. The number of likely N-dealkylation sites (tertiary alicyclic amines) is 1. The van der Waals surface area contributed by atoms with Crippen molar-refractivity contribution in [3.8, 4) is 6.01 Å². The number of aromatic nitrogens is 2. The molecule has 0 radical (unpaired) electrons. The zero-order chi connectivity index (χ0) is 23.8. The van der Waals surface area contributed by atoms with E-state index in [1.807, 2.05) is 18.2 Å². The molecule has 2 heterocycles. The molecule has 178 valence electrons. The number of anilines is 2. The van der Waals surface area contributed by atoms with Crippen LogP contribution in [0.25, 0.3) is 0 Å². The summed E-state index contributed by atoms with van der Waals surface area (Å²) < 4.78 is 10.4. The Morgan fingerprint density at radius 3 is 2.61 bits per heavy atom. The van der Waals surface area contributed by atoms with E-state index >= 15 is 0 Å². The van der Waals surface area contributed by atoms with Gasteiger partial charge < -0.3 is 20.1 Å². The molecule has 0 unspecified atom stereocenters. The van der Waals surface area contributed by atoms with E-state index in [-0.39, 0.29) is 43.9 Å². The quantitative estimate of drug-likeness (QED) is 0.304. The molecule has 1 aliphatic rings. The fourth-order valence-electron chi connectivity index (χ4n) is 3.84. The second kappa shape index (κ2) is 11.4. The first-order valence-electron chi connectivity index (χ1n) is 11.1. The van der Waals surface area contributed by atoms with Gasteiger partial charge in [-0.1, -0.05) is 24.3 Å². The van der Waals surface area contributed by atoms with Crippen molar-refractivity contribution in [2.45, 2.75) is 39.8 Å². The number of rotatable bonds is 11. The van der Waals surface area contributed by atoms with Gasteiger partial charge in [-0.15, -0.1) is 0 Å². The van der Waals surface area contributed by atoms with E-state index in [1.165, 1.54) is 17.7 Å². The van der Waals surface area contributed by atoms with Crippen LogP contribution in [0.2, 0.25) is 0 Å². The van der Waals surface area contributed by atoms with Crippen LogP contribution in [0.3, 0.4) is 0 Å². The smallest absolute Gasteiger partial charge is 0.353 e. The van der Waals surface area contributed by atoms with E-state index in [0.717, 1.165) is 30.8 Å².